The number of carbonyl (C=O) groups excluding carboxylic acids is 1. The molecule has 0 bridgehead atoms. The van der Waals surface area contributed by atoms with Crippen LogP contribution in [0.5, 0.6) is 5.75 Å². The first-order valence-corrected chi connectivity index (χ1v) is 12.4. The molecule has 0 radical (unpaired) electrons. The normalized spacial score (nSPS) is 19.0. The van der Waals surface area contributed by atoms with E-state index in [9.17, 15) is 4.79 Å². The molecule has 0 saturated carbocycles. The predicted molar refractivity (Wildman–Crippen MR) is 130 cm³/mol. The van der Waals surface area contributed by atoms with Gasteiger partial charge in [0.1, 0.15) is 11.4 Å². The average molecular weight is 448 g/mol. The molecular formula is C27H45NO4. The molecule has 1 aromatic rings. The number of benzene rings is 1. The molecule has 1 unspecified atom stereocenters. The third-order valence-electron chi connectivity index (χ3n) is 5.56. The predicted octanol–water partition coefficient (Wildman–Crippen LogP) is 6.31. The molecule has 1 aromatic carbocycles. The highest BCUT2D eigenvalue weighted by Gasteiger charge is 2.34. The summed E-state index contributed by atoms with van der Waals surface area (Å²) in [6.07, 6.45) is 7.97. The molecule has 1 aliphatic rings. The van der Waals surface area contributed by atoms with Crippen molar-refractivity contribution in [3.8, 4) is 5.75 Å². The lowest BCUT2D eigenvalue weighted by molar-refractivity contribution is -0.159. The van der Waals surface area contributed by atoms with Crippen molar-refractivity contribution in [1.29, 1.82) is 0 Å². The number of rotatable bonds is 12. The van der Waals surface area contributed by atoms with Crippen LogP contribution in [0.25, 0.3) is 0 Å². The number of hydrogen-bond acceptors (Lipinski definition) is 5. The molecule has 1 aliphatic heterocycles. The SMILES string of the molecule is CCCCCCCCOc1ccc(C2CN(CCC(=O)OC(C)(C)C)CC(C)(C)O2)cc1. The van der Waals surface area contributed by atoms with Gasteiger partial charge in [-0.3, -0.25) is 9.69 Å². The summed E-state index contributed by atoms with van der Waals surface area (Å²) in [7, 11) is 0. The van der Waals surface area contributed by atoms with Crippen LogP contribution in [0.15, 0.2) is 24.3 Å². The van der Waals surface area contributed by atoms with Gasteiger partial charge in [-0.15, -0.1) is 0 Å². The van der Waals surface area contributed by atoms with E-state index in [2.05, 4.69) is 37.8 Å². The molecule has 1 saturated heterocycles. The van der Waals surface area contributed by atoms with Gasteiger partial charge >= 0.3 is 5.97 Å². The van der Waals surface area contributed by atoms with Crippen molar-refractivity contribution < 1.29 is 19.0 Å². The second-order valence-electron chi connectivity index (χ2n) is 10.6. The molecule has 182 valence electrons. The van der Waals surface area contributed by atoms with Crippen molar-refractivity contribution in [2.45, 2.75) is 104 Å². The van der Waals surface area contributed by atoms with E-state index in [1.165, 1.54) is 32.1 Å². The summed E-state index contributed by atoms with van der Waals surface area (Å²) in [5.74, 6) is 0.768. The van der Waals surface area contributed by atoms with Crippen molar-refractivity contribution in [1.82, 2.24) is 4.90 Å². The fourth-order valence-electron chi connectivity index (χ4n) is 4.13. The summed E-state index contributed by atoms with van der Waals surface area (Å²) in [5.41, 5.74) is 0.430. The van der Waals surface area contributed by atoms with Gasteiger partial charge in [-0.1, -0.05) is 51.2 Å². The Kier molecular flexibility index (Phi) is 10.5. The smallest absolute Gasteiger partial charge is 0.307 e. The fourth-order valence-corrected chi connectivity index (χ4v) is 4.13. The van der Waals surface area contributed by atoms with Gasteiger partial charge in [0.05, 0.1) is 24.7 Å². The van der Waals surface area contributed by atoms with Crippen molar-refractivity contribution in [3.63, 3.8) is 0 Å². The van der Waals surface area contributed by atoms with E-state index in [0.29, 0.717) is 13.0 Å². The Hall–Kier alpha value is -1.59. The Morgan fingerprint density at radius 2 is 1.75 bits per heavy atom. The minimum atomic E-state index is -0.442. The van der Waals surface area contributed by atoms with Crippen LogP contribution in [0.1, 0.15) is 98.2 Å². The molecule has 32 heavy (non-hydrogen) atoms. The molecule has 0 aliphatic carbocycles. The zero-order valence-corrected chi connectivity index (χ0v) is 21.2. The molecule has 0 spiro atoms. The van der Waals surface area contributed by atoms with Gasteiger partial charge in [0.2, 0.25) is 0 Å². The Morgan fingerprint density at radius 3 is 2.41 bits per heavy atom. The van der Waals surface area contributed by atoms with E-state index < -0.39 is 5.60 Å². The zero-order valence-electron chi connectivity index (χ0n) is 21.2. The van der Waals surface area contributed by atoms with E-state index in [1.54, 1.807) is 0 Å². The highest BCUT2D eigenvalue weighted by atomic mass is 16.6. The Morgan fingerprint density at radius 1 is 1.09 bits per heavy atom. The van der Waals surface area contributed by atoms with Crippen LogP contribution in [-0.4, -0.2) is 48.3 Å². The van der Waals surface area contributed by atoms with Crippen LogP contribution in [-0.2, 0) is 14.3 Å². The molecule has 1 fully saturated rings. The van der Waals surface area contributed by atoms with Crippen LogP contribution < -0.4 is 4.74 Å². The summed E-state index contributed by atoms with van der Waals surface area (Å²) in [6.45, 7) is 15.2. The van der Waals surface area contributed by atoms with Gasteiger partial charge in [-0.2, -0.15) is 0 Å². The van der Waals surface area contributed by atoms with Gasteiger partial charge in [0.25, 0.3) is 0 Å². The Labute approximate surface area is 195 Å². The summed E-state index contributed by atoms with van der Waals surface area (Å²) < 4.78 is 17.7. The molecule has 5 nitrogen and oxygen atoms in total. The van der Waals surface area contributed by atoms with E-state index in [-0.39, 0.29) is 17.7 Å². The van der Waals surface area contributed by atoms with Gasteiger partial charge < -0.3 is 14.2 Å². The van der Waals surface area contributed by atoms with E-state index in [4.69, 9.17) is 14.2 Å². The first-order valence-electron chi connectivity index (χ1n) is 12.4. The maximum atomic E-state index is 12.1. The monoisotopic (exact) mass is 447 g/mol. The third kappa shape index (κ3) is 10.4. The molecule has 5 heteroatoms. The molecule has 1 atom stereocenters. The van der Waals surface area contributed by atoms with Gasteiger partial charge in [-0.05, 0) is 58.7 Å². The molecule has 0 amide bonds. The molecule has 2 rings (SSSR count). The van der Waals surface area contributed by atoms with E-state index >= 15 is 0 Å². The number of nitrogens with zero attached hydrogens (tertiary/aromatic N) is 1. The molecule has 1 heterocycles. The average Bonchev–Trinajstić information content (AvgIpc) is 2.70. The van der Waals surface area contributed by atoms with E-state index in [0.717, 1.165) is 37.4 Å². The summed E-state index contributed by atoms with van der Waals surface area (Å²) in [6, 6.07) is 8.30. The maximum absolute atomic E-state index is 12.1. The lowest BCUT2D eigenvalue weighted by Gasteiger charge is -2.43. The largest absolute Gasteiger partial charge is 0.494 e. The first-order chi connectivity index (χ1) is 15.1. The standard InChI is InChI=1S/C27H45NO4/c1-7-8-9-10-11-12-19-30-23-15-13-22(14-16-23)24-20-28(21-27(5,6)31-24)18-17-25(29)32-26(2,3)4/h13-16,24H,7-12,17-21H2,1-6H3. The zero-order chi connectivity index (χ0) is 23.6. The highest BCUT2D eigenvalue weighted by molar-refractivity contribution is 5.70. The fraction of sp³-hybridized carbons (Fsp3) is 0.741. The van der Waals surface area contributed by atoms with Crippen molar-refractivity contribution in [2.24, 2.45) is 0 Å². The van der Waals surface area contributed by atoms with Gasteiger partial charge in [0, 0.05) is 19.6 Å². The number of morpholine rings is 1. The first kappa shape index (κ1) is 26.7. The topological polar surface area (TPSA) is 48.0 Å². The number of hydrogen-bond donors (Lipinski definition) is 0. The van der Waals surface area contributed by atoms with Crippen LogP contribution in [0.2, 0.25) is 0 Å². The maximum Gasteiger partial charge on any atom is 0.307 e. The van der Waals surface area contributed by atoms with Crippen LogP contribution in [0, 0.1) is 0 Å². The minimum absolute atomic E-state index is 0.0231. The number of carbonyl (C=O) groups is 1. The second-order valence-corrected chi connectivity index (χ2v) is 10.6. The van der Waals surface area contributed by atoms with Crippen molar-refractivity contribution in [3.05, 3.63) is 29.8 Å². The van der Waals surface area contributed by atoms with E-state index in [1.807, 2.05) is 32.9 Å². The summed E-state index contributed by atoms with van der Waals surface area (Å²) in [5, 5.41) is 0. The van der Waals surface area contributed by atoms with Crippen molar-refractivity contribution in [2.75, 3.05) is 26.2 Å². The Balaban J connectivity index is 1.82. The van der Waals surface area contributed by atoms with Crippen LogP contribution in [0.3, 0.4) is 0 Å². The number of esters is 1. The van der Waals surface area contributed by atoms with Crippen molar-refractivity contribution >= 4 is 5.97 Å². The van der Waals surface area contributed by atoms with Gasteiger partial charge in [0.15, 0.2) is 0 Å². The summed E-state index contributed by atoms with van der Waals surface area (Å²) in [4.78, 5) is 14.4. The van der Waals surface area contributed by atoms with Gasteiger partial charge in [-0.25, -0.2) is 0 Å². The molecule has 0 aromatic heterocycles. The van der Waals surface area contributed by atoms with Crippen LogP contribution >= 0.6 is 0 Å². The van der Waals surface area contributed by atoms with Crippen LogP contribution in [0.4, 0.5) is 0 Å². The lowest BCUT2D eigenvalue weighted by Crippen LogP contribution is -2.50. The number of unbranched alkanes of at least 4 members (excludes halogenated alkanes) is 5. The summed E-state index contributed by atoms with van der Waals surface area (Å²) >= 11 is 0. The highest BCUT2D eigenvalue weighted by Crippen LogP contribution is 2.31. The lowest BCUT2D eigenvalue weighted by atomic mass is 10.0. The quantitative estimate of drug-likeness (QED) is 0.278. The molecular weight excluding hydrogens is 402 g/mol. The Bertz CT molecular complexity index is 678. The molecule has 0 N–H and O–H groups in total. The number of ether oxygens (including phenoxy) is 3. The second kappa shape index (κ2) is 12.6. The minimum Gasteiger partial charge on any atom is -0.494 e. The third-order valence-corrected chi connectivity index (χ3v) is 5.56.